The van der Waals surface area contributed by atoms with E-state index < -0.39 is 0 Å². The standard InChI is InChI=1S/C15H30OS/c1-2-3-4-8-11-14-17-15-12-9-6-5-7-10-13-16/h13H,2-12,14-15H2,1H3. The fraction of sp³-hybridized carbons (Fsp3) is 0.933. The van der Waals surface area contributed by atoms with Crippen LogP contribution in [0.15, 0.2) is 0 Å². The molecule has 0 aliphatic rings. The number of thioether (sulfide) groups is 1. The highest BCUT2D eigenvalue weighted by atomic mass is 32.2. The predicted molar refractivity (Wildman–Crippen MR) is 79.9 cm³/mol. The van der Waals surface area contributed by atoms with Gasteiger partial charge in [0, 0.05) is 6.42 Å². The Morgan fingerprint density at radius 3 is 1.88 bits per heavy atom. The fourth-order valence-electron chi connectivity index (χ4n) is 1.87. The molecule has 0 aromatic rings. The lowest BCUT2D eigenvalue weighted by Gasteiger charge is -2.02. The summed E-state index contributed by atoms with van der Waals surface area (Å²) in [6, 6.07) is 0. The highest BCUT2D eigenvalue weighted by molar-refractivity contribution is 7.99. The van der Waals surface area contributed by atoms with E-state index in [2.05, 4.69) is 18.7 Å². The first-order valence-electron chi connectivity index (χ1n) is 7.43. The molecule has 0 radical (unpaired) electrons. The van der Waals surface area contributed by atoms with Crippen molar-refractivity contribution in [3.63, 3.8) is 0 Å². The van der Waals surface area contributed by atoms with Crippen LogP contribution in [-0.4, -0.2) is 17.8 Å². The molecule has 0 fully saturated rings. The molecule has 0 saturated heterocycles. The Labute approximate surface area is 112 Å². The van der Waals surface area contributed by atoms with Crippen LogP contribution in [0.1, 0.15) is 77.6 Å². The van der Waals surface area contributed by atoms with Gasteiger partial charge < -0.3 is 4.79 Å². The minimum atomic E-state index is 0.756. The Morgan fingerprint density at radius 1 is 0.765 bits per heavy atom. The van der Waals surface area contributed by atoms with Crippen LogP contribution < -0.4 is 0 Å². The van der Waals surface area contributed by atoms with Gasteiger partial charge in [-0.15, -0.1) is 0 Å². The van der Waals surface area contributed by atoms with E-state index in [4.69, 9.17) is 0 Å². The average molecular weight is 258 g/mol. The second-order valence-electron chi connectivity index (χ2n) is 4.75. The van der Waals surface area contributed by atoms with E-state index in [1.807, 2.05) is 0 Å². The minimum absolute atomic E-state index is 0.756. The molecule has 0 aliphatic heterocycles. The van der Waals surface area contributed by atoms with Crippen molar-refractivity contribution in [1.29, 1.82) is 0 Å². The first-order valence-corrected chi connectivity index (χ1v) is 8.58. The normalized spacial score (nSPS) is 10.6. The van der Waals surface area contributed by atoms with Crippen molar-refractivity contribution in [2.24, 2.45) is 0 Å². The number of carbonyl (C=O) groups is 1. The maximum Gasteiger partial charge on any atom is 0.119 e. The molecule has 0 saturated carbocycles. The summed E-state index contributed by atoms with van der Waals surface area (Å²) in [5.74, 6) is 2.69. The van der Waals surface area contributed by atoms with E-state index in [0.717, 1.165) is 19.1 Å². The number of unbranched alkanes of at least 4 members (excludes halogenated alkanes) is 9. The van der Waals surface area contributed by atoms with E-state index in [1.165, 1.54) is 69.3 Å². The predicted octanol–water partition coefficient (Wildman–Crippen LogP) is 5.23. The molecule has 0 unspecified atom stereocenters. The van der Waals surface area contributed by atoms with Gasteiger partial charge in [-0.3, -0.25) is 0 Å². The summed E-state index contributed by atoms with van der Waals surface area (Å²) in [7, 11) is 0. The topological polar surface area (TPSA) is 17.1 Å². The third kappa shape index (κ3) is 16.0. The molecule has 0 N–H and O–H groups in total. The summed E-state index contributed by atoms with van der Waals surface area (Å²) in [4.78, 5) is 10.1. The Bertz CT molecular complexity index is 148. The number of hydrogen-bond donors (Lipinski definition) is 0. The molecule has 0 aromatic heterocycles. The molecule has 0 heterocycles. The zero-order valence-corrected chi connectivity index (χ0v) is 12.4. The van der Waals surface area contributed by atoms with Crippen molar-refractivity contribution in [1.82, 2.24) is 0 Å². The van der Waals surface area contributed by atoms with Crippen molar-refractivity contribution in [2.75, 3.05) is 11.5 Å². The summed E-state index contributed by atoms with van der Waals surface area (Å²) < 4.78 is 0. The van der Waals surface area contributed by atoms with Crippen molar-refractivity contribution >= 4 is 18.0 Å². The lowest BCUT2D eigenvalue weighted by molar-refractivity contribution is -0.107. The Hall–Kier alpha value is 0.0200. The minimum Gasteiger partial charge on any atom is -0.303 e. The van der Waals surface area contributed by atoms with E-state index in [9.17, 15) is 4.79 Å². The Kier molecular flexibility index (Phi) is 16.0. The molecule has 102 valence electrons. The van der Waals surface area contributed by atoms with E-state index in [1.54, 1.807) is 0 Å². The average Bonchev–Trinajstić information content (AvgIpc) is 2.35. The Balaban J connectivity index is 2.87. The van der Waals surface area contributed by atoms with Gasteiger partial charge in [-0.2, -0.15) is 11.8 Å². The summed E-state index contributed by atoms with van der Waals surface area (Å²) in [5, 5.41) is 0. The molecule has 0 amide bonds. The number of hydrogen-bond acceptors (Lipinski definition) is 2. The molecule has 0 rings (SSSR count). The monoisotopic (exact) mass is 258 g/mol. The smallest absolute Gasteiger partial charge is 0.119 e. The van der Waals surface area contributed by atoms with E-state index >= 15 is 0 Å². The van der Waals surface area contributed by atoms with Crippen molar-refractivity contribution in [2.45, 2.75) is 77.6 Å². The zero-order valence-electron chi connectivity index (χ0n) is 11.6. The van der Waals surface area contributed by atoms with Gasteiger partial charge in [-0.05, 0) is 30.8 Å². The fourth-order valence-corrected chi connectivity index (χ4v) is 2.89. The highest BCUT2D eigenvalue weighted by Crippen LogP contribution is 2.12. The molecule has 0 atom stereocenters. The van der Waals surface area contributed by atoms with Gasteiger partial charge in [0.1, 0.15) is 6.29 Å². The van der Waals surface area contributed by atoms with Crippen LogP contribution >= 0.6 is 11.8 Å². The van der Waals surface area contributed by atoms with Gasteiger partial charge in [0.25, 0.3) is 0 Å². The number of rotatable bonds is 14. The zero-order chi connectivity index (χ0) is 12.6. The Morgan fingerprint density at radius 2 is 1.29 bits per heavy atom. The van der Waals surface area contributed by atoms with Gasteiger partial charge >= 0.3 is 0 Å². The largest absolute Gasteiger partial charge is 0.303 e. The van der Waals surface area contributed by atoms with E-state index in [-0.39, 0.29) is 0 Å². The van der Waals surface area contributed by atoms with Gasteiger partial charge in [-0.25, -0.2) is 0 Å². The van der Waals surface area contributed by atoms with E-state index in [0.29, 0.717) is 0 Å². The first kappa shape index (κ1) is 17.0. The molecule has 17 heavy (non-hydrogen) atoms. The van der Waals surface area contributed by atoms with Crippen molar-refractivity contribution in [3.8, 4) is 0 Å². The van der Waals surface area contributed by atoms with Gasteiger partial charge in [0.2, 0.25) is 0 Å². The van der Waals surface area contributed by atoms with Crippen LogP contribution in [0.3, 0.4) is 0 Å². The molecule has 0 spiro atoms. The number of aldehydes is 1. The van der Waals surface area contributed by atoms with Gasteiger partial charge in [-0.1, -0.05) is 51.9 Å². The maximum absolute atomic E-state index is 10.1. The quantitative estimate of drug-likeness (QED) is 0.313. The second kappa shape index (κ2) is 16.0. The van der Waals surface area contributed by atoms with Crippen LogP contribution in [0.4, 0.5) is 0 Å². The van der Waals surface area contributed by atoms with Crippen LogP contribution in [0.2, 0.25) is 0 Å². The molecule has 2 heteroatoms. The molecule has 0 bridgehead atoms. The van der Waals surface area contributed by atoms with Crippen molar-refractivity contribution in [3.05, 3.63) is 0 Å². The number of carbonyl (C=O) groups excluding carboxylic acids is 1. The third-order valence-electron chi connectivity index (χ3n) is 3.00. The molecular weight excluding hydrogens is 228 g/mol. The summed E-state index contributed by atoms with van der Waals surface area (Å²) in [6.45, 7) is 2.27. The molecule has 0 aromatic carbocycles. The van der Waals surface area contributed by atoms with Gasteiger partial charge in [0.05, 0.1) is 0 Å². The van der Waals surface area contributed by atoms with Crippen LogP contribution in [0.5, 0.6) is 0 Å². The summed E-state index contributed by atoms with van der Waals surface area (Å²) in [5.41, 5.74) is 0. The maximum atomic E-state index is 10.1. The first-order chi connectivity index (χ1) is 8.41. The summed E-state index contributed by atoms with van der Waals surface area (Å²) >= 11 is 2.12. The SMILES string of the molecule is CCCCCCCSCCCCCCCC=O. The second-order valence-corrected chi connectivity index (χ2v) is 5.97. The van der Waals surface area contributed by atoms with Crippen LogP contribution in [-0.2, 0) is 4.79 Å². The van der Waals surface area contributed by atoms with Crippen LogP contribution in [0.25, 0.3) is 0 Å². The molecule has 0 aliphatic carbocycles. The molecule has 1 nitrogen and oxygen atoms in total. The van der Waals surface area contributed by atoms with Crippen LogP contribution in [0, 0.1) is 0 Å². The lowest BCUT2D eigenvalue weighted by atomic mass is 10.1. The lowest BCUT2D eigenvalue weighted by Crippen LogP contribution is -1.86. The van der Waals surface area contributed by atoms with Gasteiger partial charge in [0.15, 0.2) is 0 Å². The summed E-state index contributed by atoms with van der Waals surface area (Å²) in [6.07, 6.45) is 15.1. The third-order valence-corrected chi connectivity index (χ3v) is 4.16. The van der Waals surface area contributed by atoms with Crippen molar-refractivity contribution < 1.29 is 4.79 Å². The molecular formula is C15H30OS. The highest BCUT2D eigenvalue weighted by Gasteiger charge is 1.93.